The lowest BCUT2D eigenvalue weighted by Gasteiger charge is -2.09. The molecule has 0 fully saturated rings. The topological polar surface area (TPSA) is 17.1 Å². The van der Waals surface area contributed by atoms with Crippen LogP contribution in [0.5, 0.6) is 0 Å². The van der Waals surface area contributed by atoms with E-state index in [4.69, 9.17) is 0 Å². The number of allylic oxidation sites excluding steroid dienone is 3. The second-order valence-electron chi connectivity index (χ2n) is 2.70. The van der Waals surface area contributed by atoms with Gasteiger partial charge in [-0.3, -0.25) is 4.79 Å². The van der Waals surface area contributed by atoms with Gasteiger partial charge in [-0.25, -0.2) is 0 Å². The monoisotopic (exact) mass is 150 g/mol. The number of Topliss-reactive ketones (excluding diaryl/α,β-unsaturated/α-hetero) is 1. The molecule has 1 heteroatoms. The zero-order chi connectivity index (χ0) is 9.02. The van der Waals surface area contributed by atoms with Crippen LogP contribution < -0.4 is 0 Å². The summed E-state index contributed by atoms with van der Waals surface area (Å²) in [5.74, 6) is -0.250. The van der Waals surface area contributed by atoms with E-state index in [2.05, 4.69) is 19.7 Å². The fourth-order valence-corrected chi connectivity index (χ4v) is 0.797. The van der Waals surface area contributed by atoms with Crippen molar-refractivity contribution in [2.24, 2.45) is 5.92 Å². The molecule has 1 atom stereocenters. The Morgan fingerprint density at radius 3 is 1.91 bits per heavy atom. The Morgan fingerprint density at radius 1 is 1.36 bits per heavy atom. The minimum atomic E-state index is -0.257. The molecule has 0 aliphatic carbocycles. The first kappa shape index (κ1) is 9.89. The molecule has 0 rings (SSSR count). The quantitative estimate of drug-likeness (QED) is 0.444. The highest BCUT2D eigenvalue weighted by atomic mass is 16.1. The molecular weight excluding hydrogens is 136 g/mol. The SMILES string of the molecule is C=C[C@@H](C(=C)C)C(=O)C(=C)C. The lowest BCUT2D eigenvalue weighted by atomic mass is 9.93. The maximum Gasteiger partial charge on any atom is 0.168 e. The zero-order valence-electron chi connectivity index (χ0n) is 7.18. The summed E-state index contributed by atoms with van der Waals surface area (Å²) in [5, 5.41) is 0. The molecule has 60 valence electrons. The van der Waals surface area contributed by atoms with Crippen molar-refractivity contribution in [3.8, 4) is 0 Å². The van der Waals surface area contributed by atoms with Gasteiger partial charge in [-0.1, -0.05) is 24.8 Å². The molecule has 0 aromatic carbocycles. The first-order chi connectivity index (χ1) is 5.00. The molecule has 0 heterocycles. The number of rotatable bonds is 4. The summed E-state index contributed by atoms with van der Waals surface area (Å²) in [6.45, 7) is 14.3. The summed E-state index contributed by atoms with van der Waals surface area (Å²) in [5.41, 5.74) is 1.37. The molecule has 0 saturated heterocycles. The van der Waals surface area contributed by atoms with E-state index in [0.29, 0.717) is 5.57 Å². The normalized spacial score (nSPS) is 11.8. The van der Waals surface area contributed by atoms with Crippen molar-refractivity contribution in [2.45, 2.75) is 13.8 Å². The largest absolute Gasteiger partial charge is 0.294 e. The molecule has 0 aliphatic heterocycles. The highest BCUT2D eigenvalue weighted by molar-refractivity contribution is 5.98. The van der Waals surface area contributed by atoms with Crippen LogP contribution in [0.1, 0.15) is 13.8 Å². The van der Waals surface area contributed by atoms with E-state index < -0.39 is 0 Å². The molecule has 1 nitrogen and oxygen atoms in total. The summed E-state index contributed by atoms with van der Waals surface area (Å²) in [6.07, 6.45) is 1.60. The van der Waals surface area contributed by atoms with E-state index in [9.17, 15) is 4.79 Å². The number of hydrogen-bond acceptors (Lipinski definition) is 1. The van der Waals surface area contributed by atoms with Crippen LogP contribution in [-0.4, -0.2) is 5.78 Å². The Hall–Kier alpha value is -1.11. The third kappa shape index (κ3) is 2.54. The van der Waals surface area contributed by atoms with Gasteiger partial charge in [0.15, 0.2) is 5.78 Å². The van der Waals surface area contributed by atoms with Crippen LogP contribution in [0.4, 0.5) is 0 Å². The van der Waals surface area contributed by atoms with Crippen LogP contribution in [0.3, 0.4) is 0 Å². The highest BCUT2D eigenvalue weighted by Gasteiger charge is 2.14. The lowest BCUT2D eigenvalue weighted by Crippen LogP contribution is -2.12. The fraction of sp³-hybridized carbons (Fsp3) is 0.300. The van der Waals surface area contributed by atoms with Crippen LogP contribution >= 0.6 is 0 Å². The van der Waals surface area contributed by atoms with E-state index >= 15 is 0 Å². The summed E-state index contributed by atoms with van der Waals surface area (Å²) >= 11 is 0. The molecule has 0 aromatic heterocycles. The van der Waals surface area contributed by atoms with Crippen molar-refractivity contribution in [1.82, 2.24) is 0 Å². The van der Waals surface area contributed by atoms with E-state index in [1.807, 2.05) is 6.92 Å². The number of ketones is 1. The average molecular weight is 150 g/mol. The van der Waals surface area contributed by atoms with Crippen molar-refractivity contribution in [2.75, 3.05) is 0 Å². The molecule has 0 radical (unpaired) electrons. The highest BCUT2D eigenvalue weighted by Crippen LogP contribution is 2.14. The molecule has 0 bridgehead atoms. The lowest BCUT2D eigenvalue weighted by molar-refractivity contribution is -0.116. The van der Waals surface area contributed by atoms with Gasteiger partial charge in [-0.05, 0) is 19.4 Å². The van der Waals surface area contributed by atoms with Gasteiger partial charge in [0.2, 0.25) is 0 Å². The Labute approximate surface area is 68.1 Å². The molecule has 0 saturated carbocycles. The second-order valence-corrected chi connectivity index (χ2v) is 2.70. The van der Waals surface area contributed by atoms with Gasteiger partial charge in [0.05, 0.1) is 5.92 Å². The van der Waals surface area contributed by atoms with E-state index in [0.717, 1.165) is 5.57 Å². The van der Waals surface area contributed by atoms with Gasteiger partial charge in [0.1, 0.15) is 0 Å². The zero-order valence-corrected chi connectivity index (χ0v) is 7.18. The van der Waals surface area contributed by atoms with Crippen LogP contribution in [0.15, 0.2) is 37.0 Å². The van der Waals surface area contributed by atoms with Gasteiger partial charge in [0, 0.05) is 0 Å². The Kier molecular flexibility index (Phi) is 3.52. The Morgan fingerprint density at radius 2 is 1.82 bits per heavy atom. The first-order valence-electron chi connectivity index (χ1n) is 3.48. The van der Waals surface area contributed by atoms with E-state index in [-0.39, 0.29) is 11.7 Å². The van der Waals surface area contributed by atoms with Crippen molar-refractivity contribution >= 4 is 5.78 Å². The molecule has 0 spiro atoms. The minimum Gasteiger partial charge on any atom is -0.294 e. The predicted molar refractivity (Wildman–Crippen MR) is 48.3 cm³/mol. The molecular formula is C10H14O. The maximum atomic E-state index is 11.3. The Balaban J connectivity index is 4.52. The van der Waals surface area contributed by atoms with Crippen LogP contribution in [-0.2, 0) is 4.79 Å². The van der Waals surface area contributed by atoms with Crippen LogP contribution in [0, 0.1) is 5.92 Å². The van der Waals surface area contributed by atoms with Gasteiger partial charge in [-0.15, -0.1) is 6.58 Å². The molecule has 11 heavy (non-hydrogen) atoms. The molecule has 0 unspecified atom stereocenters. The van der Waals surface area contributed by atoms with Crippen molar-refractivity contribution in [3.63, 3.8) is 0 Å². The van der Waals surface area contributed by atoms with Crippen molar-refractivity contribution in [1.29, 1.82) is 0 Å². The smallest absolute Gasteiger partial charge is 0.168 e. The third-order valence-corrected chi connectivity index (χ3v) is 1.47. The standard InChI is InChI=1S/C10H14O/c1-6-9(7(2)3)10(11)8(4)5/h6,9H,1-2,4H2,3,5H3/t9-/m0/s1. The summed E-state index contributed by atoms with van der Waals surface area (Å²) in [4.78, 5) is 11.3. The Bertz CT molecular complexity index is 211. The van der Waals surface area contributed by atoms with E-state index in [1.165, 1.54) is 0 Å². The third-order valence-electron chi connectivity index (χ3n) is 1.47. The van der Waals surface area contributed by atoms with Gasteiger partial charge >= 0.3 is 0 Å². The van der Waals surface area contributed by atoms with Gasteiger partial charge in [-0.2, -0.15) is 0 Å². The summed E-state index contributed by atoms with van der Waals surface area (Å²) < 4.78 is 0. The maximum absolute atomic E-state index is 11.3. The van der Waals surface area contributed by atoms with Gasteiger partial charge < -0.3 is 0 Å². The minimum absolute atomic E-state index is 0.00694. The first-order valence-corrected chi connectivity index (χ1v) is 3.48. The van der Waals surface area contributed by atoms with Gasteiger partial charge in [0.25, 0.3) is 0 Å². The molecule has 0 N–H and O–H groups in total. The van der Waals surface area contributed by atoms with Crippen molar-refractivity contribution < 1.29 is 4.79 Å². The predicted octanol–water partition coefficient (Wildman–Crippen LogP) is 2.51. The molecule has 0 amide bonds. The average Bonchev–Trinajstić information content (AvgIpc) is 1.88. The van der Waals surface area contributed by atoms with Crippen LogP contribution in [0.2, 0.25) is 0 Å². The summed E-state index contributed by atoms with van der Waals surface area (Å²) in [7, 11) is 0. The molecule has 0 aromatic rings. The second kappa shape index (κ2) is 3.91. The number of hydrogen-bond donors (Lipinski definition) is 0. The van der Waals surface area contributed by atoms with Crippen molar-refractivity contribution in [3.05, 3.63) is 37.0 Å². The number of carbonyl (C=O) groups excluding carboxylic acids is 1. The van der Waals surface area contributed by atoms with E-state index in [1.54, 1.807) is 13.0 Å². The van der Waals surface area contributed by atoms with Crippen LogP contribution in [0.25, 0.3) is 0 Å². The fourth-order valence-electron chi connectivity index (χ4n) is 0.797. The number of carbonyl (C=O) groups is 1. The molecule has 0 aliphatic rings. The summed E-state index contributed by atoms with van der Waals surface area (Å²) in [6, 6.07) is 0.